The third kappa shape index (κ3) is 3.07. The molecule has 140 valence electrons. The summed E-state index contributed by atoms with van der Waals surface area (Å²) >= 11 is 0. The van der Waals surface area contributed by atoms with Crippen LogP contribution in [-0.4, -0.2) is 42.7 Å². The van der Waals surface area contributed by atoms with E-state index in [1.165, 1.54) is 6.33 Å². The van der Waals surface area contributed by atoms with Crippen LogP contribution in [0.25, 0.3) is 11.2 Å². The predicted octanol–water partition coefficient (Wildman–Crippen LogP) is 2.38. The molecular weight excluding hydrogens is 346 g/mol. The van der Waals surface area contributed by atoms with E-state index in [4.69, 9.17) is 4.74 Å². The molecule has 1 amide bonds. The molecule has 1 fully saturated rings. The van der Waals surface area contributed by atoms with Crippen LogP contribution in [0.3, 0.4) is 0 Å². The van der Waals surface area contributed by atoms with Crippen LogP contribution in [0.15, 0.2) is 43.0 Å². The number of aliphatic hydroxyl groups is 1. The van der Waals surface area contributed by atoms with E-state index in [0.29, 0.717) is 22.5 Å². The van der Waals surface area contributed by atoms with Crippen LogP contribution in [0, 0.1) is 5.92 Å². The number of imidazole rings is 1. The zero-order valence-corrected chi connectivity index (χ0v) is 15.1. The second kappa shape index (κ2) is 7.05. The summed E-state index contributed by atoms with van der Waals surface area (Å²) in [6.45, 7) is 3.92. The molecule has 1 unspecified atom stereocenters. The molecule has 0 saturated carbocycles. The Kier molecular flexibility index (Phi) is 4.59. The summed E-state index contributed by atoms with van der Waals surface area (Å²) in [6, 6.07) is 8.91. The Bertz CT molecular complexity index is 958. The van der Waals surface area contributed by atoms with Crippen molar-refractivity contribution in [2.24, 2.45) is 5.92 Å². The fourth-order valence-electron chi connectivity index (χ4n) is 3.45. The van der Waals surface area contributed by atoms with Crippen molar-refractivity contribution in [1.82, 2.24) is 19.5 Å². The molecule has 8 nitrogen and oxygen atoms in total. The Balaban J connectivity index is 1.65. The molecule has 0 aliphatic carbocycles. The molecular formula is C19H21N5O3. The van der Waals surface area contributed by atoms with Crippen molar-refractivity contribution in [3.63, 3.8) is 0 Å². The zero-order valence-electron chi connectivity index (χ0n) is 15.1. The molecule has 1 aliphatic heterocycles. The minimum absolute atomic E-state index is 0.107. The van der Waals surface area contributed by atoms with Crippen molar-refractivity contribution >= 4 is 22.9 Å². The molecule has 1 aromatic carbocycles. The van der Waals surface area contributed by atoms with Gasteiger partial charge in [0.15, 0.2) is 17.0 Å². The Morgan fingerprint density at radius 2 is 2.04 bits per heavy atom. The van der Waals surface area contributed by atoms with Crippen LogP contribution < -0.4 is 5.32 Å². The van der Waals surface area contributed by atoms with Crippen LogP contribution in [0.2, 0.25) is 0 Å². The standard InChI is InChI=1S/C19H21N5O3/c1-3-13-15(25)11(2)19(27-13)24-10-22-14-16(20-9-21-17(14)24)23-18(26)12-7-5-4-6-8-12/h4-11,13,15,19,25H,3H2,1-2H3,(H,20,21,23,26)/t11?,13-,15-,19-/m1/s1. The number of fused-ring (bicyclic) bond motifs is 1. The SMILES string of the molecule is CC[C@H]1O[C@@H](n2cnc3c(NC(=O)c4ccccc4)ncnc32)C(C)[C@H]1O. The van der Waals surface area contributed by atoms with E-state index in [1.807, 2.05) is 19.9 Å². The first-order valence-corrected chi connectivity index (χ1v) is 8.97. The molecule has 2 aromatic heterocycles. The smallest absolute Gasteiger partial charge is 0.256 e. The molecule has 3 heterocycles. The van der Waals surface area contributed by atoms with E-state index >= 15 is 0 Å². The highest BCUT2D eigenvalue weighted by atomic mass is 16.5. The van der Waals surface area contributed by atoms with Gasteiger partial charge in [0.2, 0.25) is 0 Å². The van der Waals surface area contributed by atoms with Crippen molar-refractivity contribution in [1.29, 1.82) is 0 Å². The lowest BCUT2D eigenvalue weighted by molar-refractivity contribution is -0.0210. The van der Waals surface area contributed by atoms with E-state index in [2.05, 4.69) is 20.3 Å². The van der Waals surface area contributed by atoms with Crippen molar-refractivity contribution in [2.45, 2.75) is 38.7 Å². The topological polar surface area (TPSA) is 102 Å². The fourth-order valence-corrected chi connectivity index (χ4v) is 3.45. The molecule has 0 radical (unpaired) electrons. The van der Waals surface area contributed by atoms with Gasteiger partial charge in [0.1, 0.15) is 12.6 Å². The van der Waals surface area contributed by atoms with E-state index in [9.17, 15) is 9.90 Å². The first-order chi connectivity index (χ1) is 13.1. The predicted molar refractivity (Wildman–Crippen MR) is 99.1 cm³/mol. The third-order valence-electron chi connectivity index (χ3n) is 4.99. The molecule has 3 aromatic rings. The summed E-state index contributed by atoms with van der Waals surface area (Å²) in [5.41, 5.74) is 1.56. The molecule has 0 bridgehead atoms. The number of nitrogens with zero attached hydrogens (tertiary/aromatic N) is 4. The second-order valence-electron chi connectivity index (χ2n) is 6.69. The number of ether oxygens (including phenoxy) is 1. The largest absolute Gasteiger partial charge is 0.390 e. The maximum Gasteiger partial charge on any atom is 0.256 e. The van der Waals surface area contributed by atoms with Gasteiger partial charge in [-0.3, -0.25) is 9.36 Å². The van der Waals surface area contributed by atoms with Gasteiger partial charge in [0.05, 0.1) is 18.5 Å². The van der Waals surface area contributed by atoms with Gasteiger partial charge in [-0.15, -0.1) is 0 Å². The molecule has 2 N–H and O–H groups in total. The lowest BCUT2D eigenvalue weighted by Gasteiger charge is -2.17. The van der Waals surface area contributed by atoms with Gasteiger partial charge in [0.25, 0.3) is 5.91 Å². The maximum atomic E-state index is 12.4. The van der Waals surface area contributed by atoms with Crippen molar-refractivity contribution in [3.05, 3.63) is 48.5 Å². The fraction of sp³-hybridized carbons (Fsp3) is 0.368. The summed E-state index contributed by atoms with van der Waals surface area (Å²) in [4.78, 5) is 25.3. The monoisotopic (exact) mass is 367 g/mol. The average Bonchev–Trinajstić information content (AvgIpc) is 3.25. The zero-order chi connectivity index (χ0) is 19.0. The van der Waals surface area contributed by atoms with Gasteiger partial charge in [-0.2, -0.15) is 0 Å². The second-order valence-corrected chi connectivity index (χ2v) is 6.69. The first kappa shape index (κ1) is 17.6. The number of benzene rings is 1. The number of aliphatic hydroxyl groups excluding tert-OH is 1. The van der Waals surface area contributed by atoms with Crippen LogP contribution in [0.4, 0.5) is 5.82 Å². The van der Waals surface area contributed by atoms with E-state index < -0.39 is 6.10 Å². The minimum Gasteiger partial charge on any atom is -0.390 e. The van der Waals surface area contributed by atoms with Crippen LogP contribution in [0.5, 0.6) is 0 Å². The molecule has 0 spiro atoms. The maximum absolute atomic E-state index is 12.4. The van der Waals surface area contributed by atoms with Gasteiger partial charge in [-0.1, -0.05) is 32.0 Å². The van der Waals surface area contributed by atoms with E-state index in [1.54, 1.807) is 35.2 Å². The van der Waals surface area contributed by atoms with Crippen molar-refractivity contribution in [3.8, 4) is 0 Å². The highest BCUT2D eigenvalue weighted by Crippen LogP contribution is 2.37. The molecule has 27 heavy (non-hydrogen) atoms. The number of aromatic nitrogens is 4. The number of nitrogens with one attached hydrogen (secondary N) is 1. The van der Waals surface area contributed by atoms with Gasteiger partial charge in [-0.05, 0) is 18.6 Å². The lowest BCUT2D eigenvalue weighted by atomic mass is 10.0. The lowest BCUT2D eigenvalue weighted by Crippen LogP contribution is -2.24. The number of anilines is 1. The summed E-state index contributed by atoms with van der Waals surface area (Å²) in [7, 11) is 0. The van der Waals surface area contributed by atoms with Crippen LogP contribution >= 0.6 is 0 Å². The average molecular weight is 367 g/mol. The molecule has 4 atom stereocenters. The Morgan fingerprint density at radius 3 is 2.74 bits per heavy atom. The van der Waals surface area contributed by atoms with Gasteiger partial charge < -0.3 is 15.2 Å². The van der Waals surface area contributed by atoms with Crippen molar-refractivity contribution < 1.29 is 14.6 Å². The Morgan fingerprint density at radius 1 is 1.26 bits per heavy atom. The number of carbonyl (C=O) groups excluding carboxylic acids is 1. The molecule has 4 rings (SSSR count). The Labute approximate surface area is 156 Å². The number of amides is 1. The van der Waals surface area contributed by atoms with Crippen LogP contribution in [0.1, 0.15) is 36.9 Å². The van der Waals surface area contributed by atoms with Gasteiger partial charge in [0, 0.05) is 11.5 Å². The van der Waals surface area contributed by atoms with E-state index in [0.717, 1.165) is 6.42 Å². The number of hydrogen-bond donors (Lipinski definition) is 2. The van der Waals surface area contributed by atoms with Crippen LogP contribution in [-0.2, 0) is 4.74 Å². The summed E-state index contributed by atoms with van der Waals surface area (Å²) < 4.78 is 7.79. The Hall–Kier alpha value is -2.84. The van der Waals surface area contributed by atoms with E-state index in [-0.39, 0.29) is 24.2 Å². The summed E-state index contributed by atoms with van der Waals surface area (Å²) in [6.07, 6.45) is 2.58. The number of carbonyl (C=O) groups is 1. The highest BCUT2D eigenvalue weighted by molar-refractivity contribution is 6.06. The first-order valence-electron chi connectivity index (χ1n) is 8.97. The molecule has 8 heteroatoms. The third-order valence-corrected chi connectivity index (χ3v) is 4.99. The van der Waals surface area contributed by atoms with Crippen molar-refractivity contribution in [2.75, 3.05) is 5.32 Å². The molecule has 1 saturated heterocycles. The molecule has 1 aliphatic rings. The van der Waals surface area contributed by atoms with Gasteiger partial charge in [-0.25, -0.2) is 15.0 Å². The van der Waals surface area contributed by atoms with Gasteiger partial charge >= 0.3 is 0 Å². The normalized spacial score (nSPS) is 25.0. The highest BCUT2D eigenvalue weighted by Gasteiger charge is 2.41. The minimum atomic E-state index is -0.545. The summed E-state index contributed by atoms with van der Waals surface area (Å²) in [5.74, 6) is -0.0346. The number of rotatable bonds is 4. The summed E-state index contributed by atoms with van der Waals surface area (Å²) in [5, 5.41) is 13.1. The number of hydrogen-bond acceptors (Lipinski definition) is 6. The quantitative estimate of drug-likeness (QED) is 0.734.